The van der Waals surface area contributed by atoms with Crippen LogP contribution >= 0.6 is 0 Å². The lowest BCUT2D eigenvalue weighted by Crippen LogP contribution is -2.52. The van der Waals surface area contributed by atoms with Gasteiger partial charge in [-0.1, -0.05) is 26.2 Å². The zero-order valence-corrected chi connectivity index (χ0v) is 8.28. The Hall–Kier alpha value is -0.180. The van der Waals surface area contributed by atoms with Gasteiger partial charge in [0.25, 0.3) is 6.43 Å². The highest BCUT2D eigenvalue weighted by Crippen LogP contribution is 2.33. The zero-order chi connectivity index (χ0) is 9.73. The van der Waals surface area contributed by atoms with Crippen molar-refractivity contribution in [2.75, 3.05) is 6.54 Å². The van der Waals surface area contributed by atoms with Gasteiger partial charge in [0.2, 0.25) is 0 Å². The van der Waals surface area contributed by atoms with Crippen LogP contribution in [0.25, 0.3) is 0 Å². The summed E-state index contributed by atoms with van der Waals surface area (Å²) < 4.78 is 25.7. The van der Waals surface area contributed by atoms with Crippen molar-refractivity contribution in [3.63, 3.8) is 0 Å². The number of halogens is 2. The van der Waals surface area contributed by atoms with Crippen molar-refractivity contribution in [3.05, 3.63) is 0 Å². The number of alkyl halides is 2. The molecule has 78 valence electrons. The van der Waals surface area contributed by atoms with Crippen molar-refractivity contribution in [1.82, 2.24) is 5.32 Å². The molecule has 0 spiro atoms. The molecule has 0 heterocycles. The minimum atomic E-state index is -2.21. The quantitative estimate of drug-likeness (QED) is 0.720. The first-order valence-electron chi connectivity index (χ1n) is 5.24. The first-order chi connectivity index (χ1) is 6.21. The third kappa shape index (κ3) is 2.63. The molecule has 1 aliphatic carbocycles. The Labute approximate surface area is 78.9 Å². The highest BCUT2D eigenvalue weighted by Gasteiger charge is 2.39. The zero-order valence-electron chi connectivity index (χ0n) is 8.28. The highest BCUT2D eigenvalue weighted by atomic mass is 19.3. The molecule has 0 saturated heterocycles. The van der Waals surface area contributed by atoms with Gasteiger partial charge in [0.15, 0.2) is 0 Å². The van der Waals surface area contributed by atoms with E-state index >= 15 is 0 Å². The van der Waals surface area contributed by atoms with E-state index in [4.69, 9.17) is 0 Å². The largest absolute Gasteiger partial charge is 0.306 e. The summed E-state index contributed by atoms with van der Waals surface area (Å²) in [5, 5.41) is 3.03. The van der Waals surface area contributed by atoms with E-state index in [1.54, 1.807) is 0 Å². The lowest BCUT2D eigenvalue weighted by atomic mass is 9.82. The first kappa shape index (κ1) is 10.9. The van der Waals surface area contributed by atoms with Gasteiger partial charge in [-0.05, 0) is 25.8 Å². The second-order valence-electron chi connectivity index (χ2n) is 3.94. The van der Waals surface area contributed by atoms with Gasteiger partial charge in [0, 0.05) is 0 Å². The van der Waals surface area contributed by atoms with E-state index in [-0.39, 0.29) is 0 Å². The maximum absolute atomic E-state index is 12.8. The van der Waals surface area contributed by atoms with Crippen LogP contribution in [0, 0.1) is 0 Å². The average molecular weight is 191 g/mol. The van der Waals surface area contributed by atoms with E-state index in [2.05, 4.69) is 5.32 Å². The maximum Gasteiger partial charge on any atom is 0.256 e. The predicted molar refractivity (Wildman–Crippen MR) is 50.1 cm³/mol. The van der Waals surface area contributed by atoms with Crippen LogP contribution in [0.2, 0.25) is 0 Å². The van der Waals surface area contributed by atoms with Crippen LogP contribution in [-0.4, -0.2) is 18.5 Å². The smallest absolute Gasteiger partial charge is 0.256 e. The molecule has 1 N–H and O–H groups in total. The molecule has 1 nitrogen and oxygen atoms in total. The normalized spacial score (nSPS) is 22.2. The number of nitrogens with one attached hydrogen (secondary N) is 1. The standard InChI is InChI=1S/C10H19F2N/c1-2-8-13-10(9(11)12)6-4-3-5-7-10/h9,13H,2-8H2,1H3. The molecule has 0 aromatic carbocycles. The molecule has 1 saturated carbocycles. The summed E-state index contributed by atoms with van der Waals surface area (Å²) in [6.07, 6.45) is 3.01. The minimum absolute atomic E-state index is 0.644. The molecule has 0 atom stereocenters. The molecular formula is C10H19F2N. The lowest BCUT2D eigenvalue weighted by Gasteiger charge is -2.37. The van der Waals surface area contributed by atoms with Gasteiger partial charge < -0.3 is 5.32 Å². The Bertz CT molecular complexity index is 142. The molecule has 0 bridgehead atoms. The topological polar surface area (TPSA) is 12.0 Å². The van der Waals surface area contributed by atoms with E-state index in [0.717, 1.165) is 25.7 Å². The van der Waals surface area contributed by atoms with E-state index in [1.807, 2.05) is 6.92 Å². The van der Waals surface area contributed by atoms with Crippen molar-refractivity contribution >= 4 is 0 Å². The fraction of sp³-hybridized carbons (Fsp3) is 1.00. The van der Waals surface area contributed by atoms with Crippen LogP contribution in [-0.2, 0) is 0 Å². The Balaban J connectivity index is 2.51. The van der Waals surface area contributed by atoms with Crippen LogP contribution in [0.5, 0.6) is 0 Å². The summed E-state index contributed by atoms with van der Waals surface area (Å²) in [6, 6.07) is 0. The van der Waals surface area contributed by atoms with Crippen LogP contribution in [0.1, 0.15) is 45.4 Å². The second kappa shape index (κ2) is 4.89. The fourth-order valence-corrected chi connectivity index (χ4v) is 2.03. The molecule has 1 aliphatic rings. The lowest BCUT2D eigenvalue weighted by molar-refractivity contribution is 0.00690. The van der Waals surface area contributed by atoms with Gasteiger partial charge in [-0.2, -0.15) is 0 Å². The van der Waals surface area contributed by atoms with E-state index in [9.17, 15) is 8.78 Å². The fourth-order valence-electron chi connectivity index (χ4n) is 2.03. The Morgan fingerprint density at radius 2 is 1.85 bits per heavy atom. The number of hydrogen-bond donors (Lipinski definition) is 1. The highest BCUT2D eigenvalue weighted by molar-refractivity contribution is 4.92. The first-order valence-corrected chi connectivity index (χ1v) is 5.24. The molecule has 1 rings (SSSR count). The maximum atomic E-state index is 12.8. The Morgan fingerprint density at radius 1 is 1.23 bits per heavy atom. The van der Waals surface area contributed by atoms with Gasteiger partial charge in [-0.3, -0.25) is 0 Å². The molecular weight excluding hydrogens is 172 g/mol. The molecule has 13 heavy (non-hydrogen) atoms. The van der Waals surface area contributed by atoms with Crippen molar-refractivity contribution in [2.45, 2.75) is 57.4 Å². The number of rotatable bonds is 4. The molecule has 0 amide bonds. The summed E-state index contributed by atoms with van der Waals surface area (Å²) in [4.78, 5) is 0. The van der Waals surface area contributed by atoms with Gasteiger partial charge in [0.1, 0.15) is 0 Å². The van der Waals surface area contributed by atoms with Crippen molar-refractivity contribution in [3.8, 4) is 0 Å². The van der Waals surface area contributed by atoms with Crippen molar-refractivity contribution in [2.24, 2.45) is 0 Å². The van der Waals surface area contributed by atoms with Crippen LogP contribution in [0.4, 0.5) is 8.78 Å². The molecule has 0 radical (unpaired) electrons. The monoisotopic (exact) mass is 191 g/mol. The summed E-state index contributed by atoms with van der Waals surface area (Å²) in [7, 11) is 0. The Kier molecular flexibility index (Phi) is 4.10. The molecule has 0 aromatic heterocycles. The SMILES string of the molecule is CCCNC1(C(F)F)CCCCC1. The molecule has 0 aromatic rings. The van der Waals surface area contributed by atoms with Gasteiger partial charge in [-0.15, -0.1) is 0 Å². The van der Waals surface area contributed by atoms with E-state index in [1.165, 1.54) is 0 Å². The molecule has 0 aliphatic heterocycles. The van der Waals surface area contributed by atoms with E-state index in [0.29, 0.717) is 19.4 Å². The summed E-state index contributed by atoms with van der Waals surface area (Å²) in [6.45, 7) is 2.72. The van der Waals surface area contributed by atoms with Gasteiger partial charge in [-0.25, -0.2) is 8.78 Å². The van der Waals surface area contributed by atoms with Crippen LogP contribution in [0.3, 0.4) is 0 Å². The van der Waals surface area contributed by atoms with Crippen LogP contribution in [0.15, 0.2) is 0 Å². The van der Waals surface area contributed by atoms with Crippen LogP contribution < -0.4 is 5.32 Å². The van der Waals surface area contributed by atoms with Crippen molar-refractivity contribution in [1.29, 1.82) is 0 Å². The molecule has 1 fully saturated rings. The number of hydrogen-bond acceptors (Lipinski definition) is 1. The summed E-state index contributed by atoms with van der Waals surface area (Å²) >= 11 is 0. The van der Waals surface area contributed by atoms with Crippen molar-refractivity contribution < 1.29 is 8.78 Å². The third-order valence-electron chi connectivity index (χ3n) is 2.89. The molecule has 0 unspecified atom stereocenters. The van der Waals surface area contributed by atoms with Gasteiger partial charge in [0.05, 0.1) is 5.54 Å². The minimum Gasteiger partial charge on any atom is -0.306 e. The summed E-state index contributed by atoms with van der Waals surface area (Å²) in [5.74, 6) is 0. The second-order valence-corrected chi connectivity index (χ2v) is 3.94. The Morgan fingerprint density at radius 3 is 2.31 bits per heavy atom. The predicted octanol–water partition coefficient (Wildman–Crippen LogP) is 2.95. The van der Waals surface area contributed by atoms with E-state index < -0.39 is 12.0 Å². The third-order valence-corrected chi connectivity index (χ3v) is 2.89. The van der Waals surface area contributed by atoms with Gasteiger partial charge >= 0.3 is 0 Å². The average Bonchev–Trinajstić information content (AvgIpc) is 2.16. The molecule has 3 heteroatoms. The summed E-state index contributed by atoms with van der Waals surface area (Å²) in [5.41, 5.74) is -0.853.